The number of fused-ring (bicyclic) bond motifs is 2. The summed E-state index contributed by atoms with van der Waals surface area (Å²) in [5.41, 5.74) is 0. The van der Waals surface area contributed by atoms with Crippen molar-refractivity contribution in [3.63, 3.8) is 0 Å². The van der Waals surface area contributed by atoms with E-state index in [1.165, 1.54) is 64.5 Å². The van der Waals surface area contributed by atoms with Gasteiger partial charge in [-0.3, -0.25) is 4.90 Å². The normalized spacial score (nSPS) is 41.2. The Kier molecular flexibility index (Phi) is 4.25. The van der Waals surface area contributed by atoms with E-state index in [1.807, 2.05) is 0 Å². The number of likely N-dealkylation sites (tertiary alicyclic amines) is 1. The first kappa shape index (κ1) is 12.9. The zero-order chi connectivity index (χ0) is 12.4. The Labute approximate surface area is 113 Å². The summed E-state index contributed by atoms with van der Waals surface area (Å²) >= 11 is 0. The van der Waals surface area contributed by atoms with Crippen LogP contribution in [-0.2, 0) is 0 Å². The fourth-order valence-corrected chi connectivity index (χ4v) is 4.69. The first-order valence-electron chi connectivity index (χ1n) is 8.34. The molecule has 3 rings (SSSR count). The average Bonchev–Trinajstić information content (AvgIpc) is 2.91. The molecule has 3 aliphatic rings. The molecule has 2 saturated carbocycles. The number of rotatable bonds is 4. The summed E-state index contributed by atoms with van der Waals surface area (Å²) in [6.07, 6.45) is 11.8. The van der Waals surface area contributed by atoms with Crippen LogP contribution in [0.2, 0.25) is 0 Å². The summed E-state index contributed by atoms with van der Waals surface area (Å²) in [5.74, 6) is 1.98. The predicted octanol–water partition coefficient (Wildman–Crippen LogP) is 3.03. The predicted molar refractivity (Wildman–Crippen MR) is 76.7 cm³/mol. The highest BCUT2D eigenvalue weighted by Gasteiger charge is 2.39. The van der Waals surface area contributed by atoms with Gasteiger partial charge in [-0.15, -0.1) is 0 Å². The highest BCUT2D eigenvalue weighted by atomic mass is 15.2. The fourth-order valence-electron chi connectivity index (χ4n) is 4.69. The topological polar surface area (TPSA) is 15.3 Å². The summed E-state index contributed by atoms with van der Waals surface area (Å²) in [6.45, 7) is 6.21. The van der Waals surface area contributed by atoms with E-state index in [0.29, 0.717) is 0 Å². The van der Waals surface area contributed by atoms with Crippen molar-refractivity contribution in [1.29, 1.82) is 0 Å². The first-order valence-corrected chi connectivity index (χ1v) is 8.34. The Hall–Kier alpha value is -0.0800. The van der Waals surface area contributed by atoms with Crippen LogP contribution in [0, 0.1) is 11.8 Å². The first-order chi connectivity index (χ1) is 8.86. The van der Waals surface area contributed by atoms with Gasteiger partial charge in [-0.2, -0.15) is 0 Å². The Bertz CT molecular complexity index is 266. The van der Waals surface area contributed by atoms with Crippen molar-refractivity contribution in [2.24, 2.45) is 11.8 Å². The minimum Gasteiger partial charge on any atom is -0.314 e. The zero-order valence-corrected chi connectivity index (χ0v) is 12.0. The Morgan fingerprint density at radius 2 is 1.94 bits per heavy atom. The third-order valence-electron chi connectivity index (χ3n) is 5.62. The van der Waals surface area contributed by atoms with E-state index in [9.17, 15) is 0 Å². The zero-order valence-electron chi connectivity index (χ0n) is 12.0. The third kappa shape index (κ3) is 2.75. The molecule has 3 fully saturated rings. The SMILES string of the molecule is CCNC1CCCCCC1CN1CC2CCC1C2. The molecular formula is C16H30N2. The quantitative estimate of drug-likeness (QED) is 0.772. The van der Waals surface area contributed by atoms with Crippen molar-refractivity contribution in [3.8, 4) is 0 Å². The van der Waals surface area contributed by atoms with Gasteiger partial charge in [0, 0.05) is 25.2 Å². The van der Waals surface area contributed by atoms with Crippen LogP contribution in [0.1, 0.15) is 58.3 Å². The molecule has 0 spiro atoms. The number of nitrogens with one attached hydrogen (secondary N) is 1. The largest absolute Gasteiger partial charge is 0.314 e. The van der Waals surface area contributed by atoms with Crippen LogP contribution in [-0.4, -0.2) is 36.6 Å². The molecule has 2 bridgehead atoms. The van der Waals surface area contributed by atoms with E-state index in [0.717, 1.165) is 30.5 Å². The second-order valence-electron chi connectivity index (χ2n) is 6.85. The molecule has 2 nitrogen and oxygen atoms in total. The molecule has 1 saturated heterocycles. The average molecular weight is 250 g/mol. The molecule has 0 amide bonds. The Balaban J connectivity index is 1.58. The van der Waals surface area contributed by atoms with Gasteiger partial charge < -0.3 is 5.32 Å². The third-order valence-corrected chi connectivity index (χ3v) is 5.62. The van der Waals surface area contributed by atoms with Crippen LogP contribution >= 0.6 is 0 Å². The second-order valence-corrected chi connectivity index (χ2v) is 6.85. The molecule has 1 aliphatic heterocycles. The van der Waals surface area contributed by atoms with Crippen molar-refractivity contribution in [2.75, 3.05) is 19.6 Å². The molecule has 2 heteroatoms. The molecule has 4 atom stereocenters. The molecule has 1 N–H and O–H groups in total. The summed E-state index contributed by atoms with van der Waals surface area (Å²) in [6, 6.07) is 1.76. The Morgan fingerprint density at radius 1 is 1.06 bits per heavy atom. The maximum Gasteiger partial charge on any atom is 0.0107 e. The van der Waals surface area contributed by atoms with Gasteiger partial charge in [0.25, 0.3) is 0 Å². The van der Waals surface area contributed by atoms with Gasteiger partial charge in [0.15, 0.2) is 0 Å². The van der Waals surface area contributed by atoms with Crippen molar-refractivity contribution in [2.45, 2.75) is 70.4 Å². The van der Waals surface area contributed by atoms with E-state index < -0.39 is 0 Å². The lowest BCUT2D eigenvalue weighted by molar-refractivity contribution is 0.157. The van der Waals surface area contributed by atoms with Crippen LogP contribution in [0.15, 0.2) is 0 Å². The lowest BCUT2D eigenvalue weighted by Gasteiger charge is -2.34. The van der Waals surface area contributed by atoms with E-state index >= 15 is 0 Å². The summed E-state index contributed by atoms with van der Waals surface area (Å²) in [7, 11) is 0. The maximum atomic E-state index is 3.77. The minimum absolute atomic E-state index is 0.802. The van der Waals surface area contributed by atoms with Crippen LogP contribution in [0.3, 0.4) is 0 Å². The Morgan fingerprint density at radius 3 is 2.67 bits per heavy atom. The molecule has 0 radical (unpaired) electrons. The molecule has 2 aliphatic carbocycles. The van der Waals surface area contributed by atoms with Crippen LogP contribution in [0.5, 0.6) is 0 Å². The van der Waals surface area contributed by atoms with Crippen molar-refractivity contribution < 1.29 is 0 Å². The van der Waals surface area contributed by atoms with E-state index in [1.54, 1.807) is 0 Å². The van der Waals surface area contributed by atoms with Crippen molar-refractivity contribution >= 4 is 0 Å². The molecule has 18 heavy (non-hydrogen) atoms. The van der Waals surface area contributed by atoms with Gasteiger partial charge in [0.05, 0.1) is 0 Å². The van der Waals surface area contributed by atoms with Gasteiger partial charge in [-0.05, 0) is 50.5 Å². The summed E-state index contributed by atoms with van der Waals surface area (Å²) in [5, 5.41) is 3.77. The van der Waals surface area contributed by atoms with E-state index in [2.05, 4.69) is 17.1 Å². The molecule has 0 aromatic rings. The van der Waals surface area contributed by atoms with Crippen LogP contribution in [0.25, 0.3) is 0 Å². The van der Waals surface area contributed by atoms with Gasteiger partial charge in [-0.25, -0.2) is 0 Å². The van der Waals surface area contributed by atoms with Gasteiger partial charge in [-0.1, -0.05) is 26.2 Å². The summed E-state index contributed by atoms with van der Waals surface area (Å²) < 4.78 is 0. The fraction of sp³-hybridized carbons (Fsp3) is 1.00. The second kappa shape index (κ2) is 5.92. The number of piperidine rings is 1. The van der Waals surface area contributed by atoms with Crippen LogP contribution < -0.4 is 5.32 Å². The lowest BCUT2D eigenvalue weighted by atomic mass is 9.93. The van der Waals surface area contributed by atoms with Gasteiger partial charge >= 0.3 is 0 Å². The number of nitrogens with zero attached hydrogens (tertiary/aromatic N) is 1. The number of hydrogen-bond donors (Lipinski definition) is 1. The van der Waals surface area contributed by atoms with E-state index in [-0.39, 0.29) is 0 Å². The van der Waals surface area contributed by atoms with Crippen LogP contribution in [0.4, 0.5) is 0 Å². The van der Waals surface area contributed by atoms with Crippen molar-refractivity contribution in [3.05, 3.63) is 0 Å². The molecular weight excluding hydrogens is 220 g/mol. The highest BCUT2D eigenvalue weighted by molar-refractivity contribution is 4.94. The molecule has 4 unspecified atom stereocenters. The molecule has 104 valence electrons. The maximum absolute atomic E-state index is 3.77. The molecule has 0 aromatic heterocycles. The summed E-state index contributed by atoms with van der Waals surface area (Å²) in [4.78, 5) is 2.84. The molecule has 1 heterocycles. The minimum atomic E-state index is 0.802. The van der Waals surface area contributed by atoms with Gasteiger partial charge in [0.1, 0.15) is 0 Å². The highest BCUT2D eigenvalue weighted by Crippen LogP contribution is 2.38. The number of hydrogen-bond acceptors (Lipinski definition) is 2. The monoisotopic (exact) mass is 250 g/mol. The molecule has 0 aromatic carbocycles. The lowest BCUT2D eigenvalue weighted by Crippen LogP contribution is -2.44. The van der Waals surface area contributed by atoms with Crippen molar-refractivity contribution in [1.82, 2.24) is 10.2 Å². The van der Waals surface area contributed by atoms with E-state index in [4.69, 9.17) is 0 Å². The smallest absolute Gasteiger partial charge is 0.0107 e. The van der Waals surface area contributed by atoms with Gasteiger partial charge in [0.2, 0.25) is 0 Å². The standard InChI is InChI=1S/C16H30N2/c1-2-17-16-7-5-3-4-6-14(16)12-18-11-13-8-9-15(18)10-13/h13-17H,2-12H2,1H3.